The summed E-state index contributed by atoms with van der Waals surface area (Å²) in [4.78, 5) is 37.4. The van der Waals surface area contributed by atoms with Crippen LogP contribution >= 0.6 is 0 Å². The molecular formula is C29H38N4O8. The number of para-hydroxylation sites is 1. The molecule has 1 aromatic carbocycles. The highest BCUT2D eigenvalue weighted by molar-refractivity contribution is 5.88. The third kappa shape index (κ3) is 10.1. The van der Waals surface area contributed by atoms with Gasteiger partial charge in [0.2, 0.25) is 0 Å². The van der Waals surface area contributed by atoms with Crippen molar-refractivity contribution in [2.45, 2.75) is 58.7 Å². The normalized spacial score (nSPS) is 11.2. The highest BCUT2D eigenvalue weighted by Crippen LogP contribution is 2.22. The van der Waals surface area contributed by atoms with Crippen LogP contribution in [0.5, 0.6) is 0 Å². The zero-order chi connectivity index (χ0) is 30.6. The summed E-state index contributed by atoms with van der Waals surface area (Å²) < 4.78 is 7.33. The lowest BCUT2D eigenvalue weighted by Gasteiger charge is -2.22. The minimum Gasteiger partial charge on any atom is -0.481 e. The number of aliphatic hydroxyl groups is 1. The Morgan fingerprint density at radius 1 is 0.951 bits per heavy atom. The maximum Gasteiger partial charge on any atom is 0.336 e. The van der Waals surface area contributed by atoms with E-state index >= 15 is 0 Å². The Morgan fingerprint density at radius 2 is 1.59 bits per heavy atom. The first-order chi connectivity index (χ1) is 19.4. The average Bonchev–Trinajstić information content (AvgIpc) is 3.17. The standard InChI is InChI=1S/C23H30N4O.C6H8O7/c1-18-10-5-6-12-23(18)27-20(3)22(19(2)25-27)17-26(14-9-15-28-4)16-21-11-7-8-13-24-21;7-3(8)1-6(13,5(11)12)2-4(9)10/h5-8,10-13H,9,14-17H2,1-4H3;13H,1-2H2,(H,7,8)(H,9,10)(H,11,12). The highest BCUT2D eigenvalue weighted by atomic mass is 16.5. The van der Waals surface area contributed by atoms with Gasteiger partial charge in [-0.1, -0.05) is 24.3 Å². The number of aromatic nitrogens is 3. The van der Waals surface area contributed by atoms with Crippen LogP contribution in [0.15, 0.2) is 48.7 Å². The number of nitrogens with zero attached hydrogens (tertiary/aromatic N) is 4. The van der Waals surface area contributed by atoms with Crippen LogP contribution in [0.3, 0.4) is 0 Å². The van der Waals surface area contributed by atoms with Crippen molar-refractivity contribution < 1.29 is 39.5 Å². The number of rotatable bonds is 14. The minimum absolute atomic E-state index is 0.763. The summed E-state index contributed by atoms with van der Waals surface area (Å²) in [6, 6.07) is 14.5. The van der Waals surface area contributed by atoms with E-state index < -0.39 is 36.4 Å². The zero-order valence-corrected chi connectivity index (χ0v) is 23.8. The molecule has 12 nitrogen and oxygen atoms in total. The first kappa shape index (κ1) is 33.1. The predicted octanol–water partition coefficient (Wildman–Crippen LogP) is 2.98. The lowest BCUT2D eigenvalue weighted by molar-refractivity contribution is -0.170. The molecule has 0 aliphatic rings. The van der Waals surface area contributed by atoms with Gasteiger partial charge in [-0.3, -0.25) is 19.5 Å². The van der Waals surface area contributed by atoms with Crippen LogP contribution in [0.25, 0.3) is 5.69 Å². The summed E-state index contributed by atoms with van der Waals surface area (Å²) in [5.41, 5.74) is 4.29. The van der Waals surface area contributed by atoms with E-state index in [1.165, 1.54) is 16.8 Å². The van der Waals surface area contributed by atoms with Gasteiger partial charge < -0.3 is 25.2 Å². The SMILES string of the molecule is COCCCN(Cc1ccccn1)Cc1c(C)nn(-c2ccccc2C)c1C.O=C(O)CC(O)(CC(=O)O)C(=O)O. The third-order valence-corrected chi connectivity index (χ3v) is 6.39. The zero-order valence-electron chi connectivity index (χ0n) is 23.8. The van der Waals surface area contributed by atoms with Gasteiger partial charge in [-0.05, 0) is 51.0 Å². The van der Waals surface area contributed by atoms with Crippen LogP contribution in [-0.4, -0.2) is 83.9 Å². The van der Waals surface area contributed by atoms with E-state index in [0.29, 0.717) is 0 Å². The number of carbonyl (C=O) groups is 3. The maximum absolute atomic E-state index is 10.3. The third-order valence-electron chi connectivity index (χ3n) is 6.39. The summed E-state index contributed by atoms with van der Waals surface area (Å²) in [5.74, 6) is -5.02. The number of ether oxygens (including phenoxy) is 1. The monoisotopic (exact) mass is 570 g/mol. The molecule has 0 radical (unpaired) electrons. The van der Waals surface area contributed by atoms with Gasteiger partial charge in [-0.25, -0.2) is 9.48 Å². The van der Waals surface area contributed by atoms with Crippen molar-refractivity contribution in [2.24, 2.45) is 0 Å². The molecule has 3 aromatic rings. The molecule has 0 spiro atoms. The van der Waals surface area contributed by atoms with Gasteiger partial charge in [0.15, 0.2) is 5.60 Å². The Morgan fingerprint density at radius 3 is 2.12 bits per heavy atom. The van der Waals surface area contributed by atoms with Gasteiger partial charge in [0.1, 0.15) is 0 Å². The van der Waals surface area contributed by atoms with Crippen LogP contribution in [0, 0.1) is 20.8 Å². The highest BCUT2D eigenvalue weighted by Gasteiger charge is 2.40. The number of hydrogen-bond acceptors (Lipinski definition) is 8. The van der Waals surface area contributed by atoms with Gasteiger partial charge in [-0.2, -0.15) is 5.10 Å². The van der Waals surface area contributed by atoms with Crippen molar-refractivity contribution in [3.05, 3.63) is 76.9 Å². The molecule has 12 heteroatoms. The van der Waals surface area contributed by atoms with Crippen molar-refractivity contribution >= 4 is 17.9 Å². The van der Waals surface area contributed by atoms with E-state index in [-0.39, 0.29) is 0 Å². The second-order valence-corrected chi connectivity index (χ2v) is 9.70. The summed E-state index contributed by atoms with van der Waals surface area (Å²) in [6.07, 6.45) is 0.562. The van der Waals surface area contributed by atoms with E-state index in [1.807, 2.05) is 18.3 Å². The van der Waals surface area contributed by atoms with Crippen LogP contribution in [0.1, 0.15) is 47.5 Å². The second-order valence-electron chi connectivity index (χ2n) is 9.70. The van der Waals surface area contributed by atoms with E-state index in [2.05, 4.69) is 65.7 Å². The fourth-order valence-electron chi connectivity index (χ4n) is 4.24. The molecule has 0 atom stereocenters. The van der Waals surface area contributed by atoms with E-state index in [4.69, 9.17) is 30.3 Å². The molecule has 0 aliphatic heterocycles. The maximum atomic E-state index is 10.3. The Balaban J connectivity index is 0.000000383. The van der Waals surface area contributed by atoms with Crippen molar-refractivity contribution in [1.29, 1.82) is 0 Å². The van der Waals surface area contributed by atoms with Gasteiger partial charge in [0, 0.05) is 50.8 Å². The van der Waals surface area contributed by atoms with Crippen LogP contribution in [-0.2, 0) is 32.2 Å². The Bertz CT molecular complexity index is 1290. The molecule has 0 unspecified atom stereocenters. The fourth-order valence-corrected chi connectivity index (χ4v) is 4.24. The van der Waals surface area contributed by atoms with E-state index in [9.17, 15) is 14.4 Å². The Labute approximate surface area is 238 Å². The summed E-state index contributed by atoms with van der Waals surface area (Å²) >= 11 is 0. The van der Waals surface area contributed by atoms with Crippen molar-refractivity contribution in [3.63, 3.8) is 0 Å². The summed E-state index contributed by atoms with van der Waals surface area (Å²) in [7, 11) is 1.75. The lowest BCUT2D eigenvalue weighted by Crippen LogP contribution is -2.42. The first-order valence-electron chi connectivity index (χ1n) is 13.0. The molecule has 222 valence electrons. The molecule has 2 heterocycles. The molecule has 0 aliphatic carbocycles. The molecule has 0 fully saturated rings. The second kappa shape index (κ2) is 15.6. The Hall–Kier alpha value is -4.13. The number of methoxy groups -OCH3 is 1. The van der Waals surface area contributed by atoms with Crippen LogP contribution in [0.2, 0.25) is 0 Å². The van der Waals surface area contributed by atoms with Crippen LogP contribution in [0.4, 0.5) is 0 Å². The van der Waals surface area contributed by atoms with Gasteiger partial charge >= 0.3 is 17.9 Å². The smallest absolute Gasteiger partial charge is 0.336 e. The Kier molecular flexibility index (Phi) is 12.6. The molecule has 0 saturated carbocycles. The number of aliphatic carboxylic acids is 3. The molecule has 0 amide bonds. The van der Waals surface area contributed by atoms with Crippen molar-refractivity contribution in [2.75, 3.05) is 20.3 Å². The first-order valence-corrected chi connectivity index (χ1v) is 13.0. The molecule has 41 heavy (non-hydrogen) atoms. The van der Waals surface area contributed by atoms with E-state index in [1.54, 1.807) is 7.11 Å². The molecule has 0 bridgehead atoms. The lowest BCUT2D eigenvalue weighted by atomic mass is 9.96. The number of benzene rings is 1. The van der Waals surface area contributed by atoms with Gasteiger partial charge in [0.05, 0.1) is 29.9 Å². The number of aryl methyl sites for hydroxylation is 2. The average molecular weight is 571 g/mol. The van der Waals surface area contributed by atoms with Crippen molar-refractivity contribution in [3.8, 4) is 5.69 Å². The number of carboxylic acid groups (broad SMARTS) is 3. The largest absolute Gasteiger partial charge is 0.481 e. The molecule has 2 aromatic heterocycles. The fraction of sp³-hybridized carbons (Fsp3) is 0.414. The van der Waals surface area contributed by atoms with Gasteiger partial charge in [-0.15, -0.1) is 0 Å². The number of carboxylic acids is 3. The summed E-state index contributed by atoms with van der Waals surface area (Å²) in [5, 5.41) is 38.7. The number of pyridine rings is 1. The molecule has 0 saturated heterocycles. The summed E-state index contributed by atoms with van der Waals surface area (Å²) in [6.45, 7) is 9.78. The van der Waals surface area contributed by atoms with E-state index in [0.717, 1.165) is 49.7 Å². The quantitative estimate of drug-likeness (QED) is 0.210. The van der Waals surface area contributed by atoms with Crippen LogP contribution < -0.4 is 0 Å². The van der Waals surface area contributed by atoms with Crippen molar-refractivity contribution in [1.82, 2.24) is 19.7 Å². The minimum atomic E-state index is -2.74. The topological polar surface area (TPSA) is 175 Å². The molecule has 3 rings (SSSR count). The molecular weight excluding hydrogens is 532 g/mol. The van der Waals surface area contributed by atoms with Gasteiger partial charge in [0.25, 0.3) is 0 Å². The molecule has 4 N–H and O–H groups in total. The predicted molar refractivity (Wildman–Crippen MR) is 150 cm³/mol. The number of hydrogen-bond donors (Lipinski definition) is 4.